The number of fused-ring (bicyclic) bond motifs is 2. The molecule has 1 N–H and O–H groups in total. The summed E-state index contributed by atoms with van der Waals surface area (Å²) < 4.78 is 9.70. The highest BCUT2D eigenvalue weighted by atomic mass is 35.5. The van der Waals surface area contributed by atoms with Gasteiger partial charge in [0.1, 0.15) is 0 Å². The summed E-state index contributed by atoms with van der Waals surface area (Å²) in [6.45, 7) is 2.25. The number of piperidine rings is 1. The van der Waals surface area contributed by atoms with E-state index in [4.69, 9.17) is 4.74 Å². The number of nitrogens with zero attached hydrogens (tertiary/aromatic N) is 2. The Bertz CT molecular complexity index is 645. The number of rotatable bonds is 6. The molecule has 1 aromatic rings. The molecule has 144 valence electrons. The zero-order chi connectivity index (χ0) is 17.8. The number of carbonyl (C=O) groups is 1. The van der Waals surface area contributed by atoms with Crippen LogP contribution in [0, 0.1) is 10.1 Å². The summed E-state index contributed by atoms with van der Waals surface area (Å²) in [6.07, 6.45) is 3.65. The van der Waals surface area contributed by atoms with Gasteiger partial charge in [-0.2, -0.15) is 0 Å². The lowest BCUT2D eigenvalue weighted by atomic mass is 9.94. The van der Waals surface area contributed by atoms with E-state index in [0.29, 0.717) is 18.6 Å². The van der Waals surface area contributed by atoms with Crippen molar-refractivity contribution in [3.05, 3.63) is 33.9 Å². The monoisotopic (exact) mass is 385 g/mol. The number of nitro benzene ring substituents is 1. The molecule has 2 fully saturated rings. The maximum atomic E-state index is 11.3. The van der Waals surface area contributed by atoms with Gasteiger partial charge in [-0.1, -0.05) is 12.5 Å². The maximum Gasteiger partial charge on any atom is 0.343 e. The van der Waals surface area contributed by atoms with Gasteiger partial charge in [-0.25, -0.2) is 4.79 Å². The van der Waals surface area contributed by atoms with Crippen LogP contribution in [0.4, 0.5) is 5.69 Å². The molecule has 3 rings (SSSR count). The molecule has 2 atom stereocenters. The Morgan fingerprint density at radius 2 is 2.04 bits per heavy atom. The Labute approximate surface area is 158 Å². The van der Waals surface area contributed by atoms with Crippen molar-refractivity contribution in [1.82, 2.24) is 10.2 Å². The van der Waals surface area contributed by atoms with E-state index in [1.807, 2.05) is 6.07 Å². The van der Waals surface area contributed by atoms with Gasteiger partial charge >= 0.3 is 11.7 Å². The number of carbonyl (C=O) groups excluding carboxylic acids is 1. The van der Waals surface area contributed by atoms with Crippen molar-refractivity contribution in [3.63, 3.8) is 0 Å². The molecule has 2 aliphatic rings. The van der Waals surface area contributed by atoms with Gasteiger partial charge in [0, 0.05) is 37.8 Å². The van der Waals surface area contributed by atoms with Gasteiger partial charge in [0.05, 0.1) is 12.0 Å². The summed E-state index contributed by atoms with van der Waals surface area (Å²) in [5.41, 5.74) is 0.744. The van der Waals surface area contributed by atoms with E-state index in [-0.39, 0.29) is 30.5 Å². The number of nitrogens with one attached hydrogen (secondary N) is 1. The third-order valence-electron chi connectivity index (χ3n) is 4.73. The van der Waals surface area contributed by atoms with Crippen LogP contribution in [0.15, 0.2) is 18.2 Å². The van der Waals surface area contributed by atoms with Gasteiger partial charge in [0.15, 0.2) is 12.4 Å². The zero-order valence-corrected chi connectivity index (χ0v) is 15.5. The van der Waals surface area contributed by atoms with Crippen molar-refractivity contribution in [2.45, 2.75) is 37.9 Å². The molecular weight excluding hydrogens is 362 g/mol. The van der Waals surface area contributed by atoms with E-state index in [0.717, 1.165) is 18.7 Å². The molecule has 2 heterocycles. The summed E-state index contributed by atoms with van der Waals surface area (Å²) in [7, 11) is 1.24. The van der Waals surface area contributed by atoms with Crippen molar-refractivity contribution < 1.29 is 19.2 Å². The molecule has 0 amide bonds. The third kappa shape index (κ3) is 5.06. The lowest BCUT2D eigenvalue weighted by Crippen LogP contribution is -2.58. The second-order valence-corrected chi connectivity index (χ2v) is 6.61. The molecule has 1 aromatic carbocycles. The normalized spacial score (nSPS) is 22.2. The van der Waals surface area contributed by atoms with E-state index in [1.165, 1.54) is 32.4 Å². The fourth-order valence-corrected chi connectivity index (χ4v) is 3.61. The van der Waals surface area contributed by atoms with Crippen LogP contribution < -0.4 is 10.1 Å². The molecule has 0 aliphatic carbocycles. The van der Waals surface area contributed by atoms with Crippen molar-refractivity contribution >= 4 is 24.1 Å². The SMILES string of the molecule is COC(=O)COc1ccc(CN2CC3CCCC(C2)N3)cc1[N+](=O)[O-].Cl. The second-order valence-electron chi connectivity index (χ2n) is 6.61. The van der Waals surface area contributed by atoms with E-state index in [9.17, 15) is 14.9 Å². The Kier molecular flexibility index (Phi) is 7.19. The number of halogens is 1. The predicted molar refractivity (Wildman–Crippen MR) is 97.7 cm³/mol. The van der Waals surface area contributed by atoms with Gasteiger partial charge in [0.25, 0.3) is 0 Å². The molecule has 2 saturated heterocycles. The Morgan fingerprint density at radius 3 is 2.65 bits per heavy atom. The topological polar surface area (TPSA) is 93.9 Å². The third-order valence-corrected chi connectivity index (χ3v) is 4.73. The number of benzene rings is 1. The van der Waals surface area contributed by atoms with Gasteiger partial charge in [-0.15, -0.1) is 12.4 Å². The molecule has 2 bridgehead atoms. The molecule has 0 spiro atoms. The van der Waals surface area contributed by atoms with Crippen LogP contribution in [0.5, 0.6) is 5.75 Å². The summed E-state index contributed by atoms with van der Waals surface area (Å²) in [6, 6.07) is 5.94. The van der Waals surface area contributed by atoms with Crippen LogP contribution in [-0.2, 0) is 16.1 Å². The minimum absolute atomic E-state index is 0. The molecule has 9 heteroatoms. The summed E-state index contributed by atoms with van der Waals surface area (Å²) in [4.78, 5) is 24.4. The molecule has 0 radical (unpaired) electrons. The number of likely N-dealkylation sites (tertiary alicyclic amines) is 1. The highest BCUT2D eigenvalue weighted by Crippen LogP contribution is 2.29. The first-order chi connectivity index (χ1) is 12.0. The van der Waals surface area contributed by atoms with Gasteiger partial charge in [-0.05, 0) is 24.5 Å². The first-order valence-corrected chi connectivity index (χ1v) is 8.50. The van der Waals surface area contributed by atoms with Gasteiger partial charge in [0.2, 0.25) is 0 Å². The minimum Gasteiger partial charge on any atom is -0.475 e. The second kappa shape index (κ2) is 9.16. The molecule has 8 nitrogen and oxygen atoms in total. The molecule has 2 aliphatic heterocycles. The van der Waals surface area contributed by atoms with Crippen molar-refractivity contribution in [2.24, 2.45) is 0 Å². The first-order valence-electron chi connectivity index (χ1n) is 8.50. The summed E-state index contributed by atoms with van der Waals surface area (Å²) in [5.74, 6) is -0.498. The summed E-state index contributed by atoms with van der Waals surface area (Å²) >= 11 is 0. The standard InChI is InChI=1S/C17H23N3O5.ClH/c1-24-17(21)11-25-16-6-5-12(7-15(16)20(22)23)8-19-9-13-3-2-4-14(10-19)18-13;/h5-7,13-14,18H,2-4,8-11H2,1H3;1H. The van der Waals surface area contributed by atoms with Crippen molar-refractivity contribution in [3.8, 4) is 5.75 Å². The van der Waals surface area contributed by atoms with Crippen molar-refractivity contribution in [1.29, 1.82) is 0 Å². The lowest BCUT2D eigenvalue weighted by Gasteiger charge is -2.42. The van der Waals surface area contributed by atoms with Crippen molar-refractivity contribution in [2.75, 3.05) is 26.8 Å². The zero-order valence-electron chi connectivity index (χ0n) is 14.7. The highest BCUT2D eigenvalue weighted by Gasteiger charge is 2.30. The highest BCUT2D eigenvalue weighted by molar-refractivity contribution is 5.85. The number of esters is 1. The Hall–Kier alpha value is -1.90. The number of nitro groups is 1. The fraction of sp³-hybridized carbons (Fsp3) is 0.588. The molecular formula is C17H24ClN3O5. The Morgan fingerprint density at radius 1 is 1.35 bits per heavy atom. The number of ether oxygens (including phenoxy) is 2. The molecule has 0 aromatic heterocycles. The van der Waals surface area contributed by atoms with Gasteiger partial charge < -0.3 is 14.8 Å². The predicted octanol–water partition coefficient (Wildman–Crippen LogP) is 1.89. The average molecular weight is 386 g/mol. The van der Waals surface area contributed by atoms with Crippen LogP contribution in [0.3, 0.4) is 0 Å². The van der Waals surface area contributed by atoms with E-state index in [1.54, 1.807) is 6.07 Å². The average Bonchev–Trinajstić information content (AvgIpc) is 2.59. The minimum atomic E-state index is -0.578. The molecule has 0 saturated carbocycles. The quantitative estimate of drug-likeness (QED) is 0.454. The Balaban J connectivity index is 0.00000243. The van der Waals surface area contributed by atoms with Crippen LogP contribution in [0.1, 0.15) is 24.8 Å². The van der Waals surface area contributed by atoms with Gasteiger partial charge in [-0.3, -0.25) is 15.0 Å². The number of hydrogen-bond acceptors (Lipinski definition) is 7. The van der Waals surface area contributed by atoms with E-state index in [2.05, 4.69) is 15.0 Å². The van der Waals surface area contributed by atoms with Crippen LogP contribution in [-0.4, -0.2) is 54.7 Å². The van der Waals surface area contributed by atoms with Crippen LogP contribution >= 0.6 is 12.4 Å². The maximum absolute atomic E-state index is 11.3. The van der Waals surface area contributed by atoms with Crippen LogP contribution in [0.2, 0.25) is 0 Å². The summed E-state index contributed by atoms with van der Waals surface area (Å²) in [5, 5.41) is 15.0. The van der Waals surface area contributed by atoms with Crippen LogP contribution in [0.25, 0.3) is 0 Å². The largest absolute Gasteiger partial charge is 0.475 e. The first kappa shape index (κ1) is 20.4. The van der Waals surface area contributed by atoms with E-state index >= 15 is 0 Å². The smallest absolute Gasteiger partial charge is 0.343 e. The fourth-order valence-electron chi connectivity index (χ4n) is 3.61. The molecule has 26 heavy (non-hydrogen) atoms. The molecule has 2 unspecified atom stereocenters. The lowest BCUT2D eigenvalue weighted by molar-refractivity contribution is -0.385. The number of hydrogen-bond donors (Lipinski definition) is 1. The number of methoxy groups -OCH3 is 1. The van der Waals surface area contributed by atoms with E-state index < -0.39 is 10.9 Å². The number of piperazine rings is 1.